The molecule has 3 aromatic carbocycles. The Balaban J connectivity index is 1.44. The summed E-state index contributed by atoms with van der Waals surface area (Å²) in [6, 6.07) is 23.3. The lowest BCUT2D eigenvalue weighted by molar-refractivity contribution is -0.117. The zero-order valence-electron chi connectivity index (χ0n) is 17.8. The highest BCUT2D eigenvalue weighted by atomic mass is 16.3. The molecule has 1 aromatic heterocycles. The molecule has 0 saturated heterocycles. The number of hydrogen-bond donors (Lipinski definition) is 3. The van der Waals surface area contributed by atoms with Gasteiger partial charge in [-0.25, -0.2) is 0 Å². The van der Waals surface area contributed by atoms with Crippen molar-refractivity contribution in [1.82, 2.24) is 4.98 Å². The average Bonchev–Trinajstić information content (AvgIpc) is 3.51. The predicted molar refractivity (Wildman–Crippen MR) is 126 cm³/mol. The Hall–Kier alpha value is -3.70. The number of Topliss-reactive ketones (excluding diaryl/α,β-unsaturated/α-hetero) is 1. The van der Waals surface area contributed by atoms with Gasteiger partial charge in [0.1, 0.15) is 0 Å². The third kappa shape index (κ3) is 3.83. The number of hydrogen-bond acceptors (Lipinski definition) is 3. The van der Waals surface area contributed by atoms with E-state index in [1.807, 2.05) is 54.6 Å². The molecular weight excluding hydrogens is 400 g/mol. The molecule has 2 unspecified atom stereocenters. The van der Waals surface area contributed by atoms with Gasteiger partial charge in [0.05, 0.1) is 6.61 Å². The van der Waals surface area contributed by atoms with Crippen molar-refractivity contribution in [2.75, 3.05) is 5.32 Å². The number of anilines is 1. The number of aromatic amines is 1. The number of aliphatic hydroxyl groups is 1. The van der Waals surface area contributed by atoms with Crippen molar-refractivity contribution in [2.45, 2.75) is 25.9 Å². The first-order valence-electron chi connectivity index (χ1n) is 10.8. The van der Waals surface area contributed by atoms with Crippen LogP contribution in [0.4, 0.5) is 5.69 Å². The van der Waals surface area contributed by atoms with Gasteiger partial charge < -0.3 is 15.4 Å². The first-order chi connectivity index (χ1) is 15.5. The molecule has 5 heteroatoms. The molecule has 1 heterocycles. The van der Waals surface area contributed by atoms with Gasteiger partial charge in [0.25, 0.3) is 0 Å². The van der Waals surface area contributed by atoms with Crippen LogP contribution in [0.2, 0.25) is 0 Å². The SMILES string of the molecule is CC(=O)c1cc(NC(=O)C2CC2c2ccccc2)cc2[nH]c(-c3cccc(CO)c3)cc12. The Bertz CT molecular complexity index is 1320. The Morgan fingerprint density at radius 1 is 1.03 bits per heavy atom. The molecule has 0 bridgehead atoms. The second-order valence-electron chi connectivity index (χ2n) is 8.43. The monoisotopic (exact) mass is 424 g/mol. The fourth-order valence-corrected chi connectivity index (χ4v) is 4.38. The van der Waals surface area contributed by atoms with E-state index in [1.54, 1.807) is 6.07 Å². The fraction of sp³-hybridized carbons (Fsp3) is 0.185. The summed E-state index contributed by atoms with van der Waals surface area (Å²) in [6.45, 7) is 1.50. The largest absolute Gasteiger partial charge is 0.392 e. The Kier molecular flexibility index (Phi) is 5.11. The van der Waals surface area contributed by atoms with E-state index >= 15 is 0 Å². The van der Waals surface area contributed by atoms with E-state index in [-0.39, 0.29) is 30.1 Å². The average molecular weight is 425 g/mol. The number of aromatic nitrogens is 1. The molecule has 5 rings (SSSR count). The number of carbonyl (C=O) groups is 2. The van der Waals surface area contributed by atoms with Gasteiger partial charge >= 0.3 is 0 Å². The molecule has 3 N–H and O–H groups in total. The number of aliphatic hydroxyl groups excluding tert-OH is 1. The molecule has 1 fully saturated rings. The van der Waals surface area contributed by atoms with Crippen LogP contribution in [-0.4, -0.2) is 21.8 Å². The topological polar surface area (TPSA) is 82.2 Å². The second-order valence-corrected chi connectivity index (χ2v) is 8.43. The molecule has 0 spiro atoms. The van der Waals surface area contributed by atoms with Gasteiger partial charge in [0.15, 0.2) is 5.78 Å². The summed E-state index contributed by atoms with van der Waals surface area (Å²) in [4.78, 5) is 28.6. The van der Waals surface area contributed by atoms with Crippen molar-refractivity contribution >= 4 is 28.3 Å². The normalized spacial score (nSPS) is 17.3. The van der Waals surface area contributed by atoms with Gasteiger partial charge in [-0.1, -0.05) is 48.5 Å². The minimum atomic E-state index is -0.0608. The van der Waals surface area contributed by atoms with E-state index in [1.165, 1.54) is 12.5 Å². The summed E-state index contributed by atoms with van der Waals surface area (Å²) < 4.78 is 0. The van der Waals surface area contributed by atoms with Crippen LogP contribution >= 0.6 is 0 Å². The van der Waals surface area contributed by atoms with Crippen LogP contribution in [0, 0.1) is 5.92 Å². The van der Waals surface area contributed by atoms with Crippen LogP contribution in [-0.2, 0) is 11.4 Å². The van der Waals surface area contributed by atoms with Crippen LogP contribution in [0.1, 0.15) is 40.7 Å². The maximum Gasteiger partial charge on any atom is 0.228 e. The molecule has 1 aliphatic carbocycles. The number of amides is 1. The van der Waals surface area contributed by atoms with Gasteiger partial charge in [-0.15, -0.1) is 0 Å². The molecule has 4 aromatic rings. The van der Waals surface area contributed by atoms with Gasteiger partial charge in [0, 0.05) is 33.8 Å². The van der Waals surface area contributed by atoms with E-state index in [2.05, 4.69) is 22.4 Å². The highest BCUT2D eigenvalue weighted by Crippen LogP contribution is 2.48. The van der Waals surface area contributed by atoms with Crippen molar-refractivity contribution in [3.05, 3.63) is 89.5 Å². The van der Waals surface area contributed by atoms with Gasteiger partial charge in [-0.05, 0) is 60.2 Å². The van der Waals surface area contributed by atoms with E-state index in [0.717, 1.165) is 34.1 Å². The van der Waals surface area contributed by atoms with Crippen LogP contribution in [0.3, 0.4) is 0 Å². The van der Waals surface area contributed by atoms with Crippen molar-refractivity contribution in [2.24, 2.45) is 5.92 Å². The summed E-state index contributed by atoms with van der Waals surface area (Å²) >= 11 is 0. The molecule has 1 saturated carbocycles. The second kappa shape index (κ2) is 8.09. The fourth-order valence-electron chi connectivity index (χ4n) is 4.38. The van der Waals surface area contributed by atoms with E-state index in [9.17, 15) is 14.7 Å². The molecule has 32 heavy (non-hydrogen) atoms. The van der Waals surface area contributed by atoms with E-state index in [4.69, 9.17) is 0 Å². The van der Waals surface area contributed by atoms with Crippen molar-refractivity contribution in [3.8, 4) is 11.3 Å². The zero-order chi connectivity index (χ0) is 22.2. The minimum absolute atomic E-state index is 0.0184. The zero-order valence-corrected chi connectivity index (χ0v) is 17.8. The highest BCUT2D eigenvalue weighted by Gasteiger charge is 2.43. The van der Waals surface area contributed by atoms with Crippen LogP contribution in [0.5, 0.6) is 0 Å². The predicted octanol–water partition coefficient (Wildman–Crippen LogP) is 5.27. The number of H-pyrrole nitrogens is 1. The number of rotatable bonds is 6. The molecule has 1 amide bonds. The summed E-state index contributed by atoms with van der Waals surface area (Å²) in [7, 11) is 0. The Morgan fingerprint density at radius 3 is 2.59 bits per heavy atom. The van der Waals surface area contributed by atoms with Crippen LogP contribution in [0.15, 0.2) is 72.8 Å². The first kappa shape index (κ1) is 20.2. The van der Waals surface area contributed by atoms with Crippen molar-refractivity contribution < 1.29 is 14.7 Å². The third-order valence-corrected chi connectivity index (χ3v) is 6.16. The van der Waals surface area contributed by atoms with E-state index < -0.39 is 0 Å². The summed E-state index contributed by atoms with van der Waals surface area (Å²) in [5.74, 6) is 0.127. The van der Waals surface area contributed by atoms with Crippen LogP contribution in [0.25, 0.3) is 22.2 Å². The quantitative estimate of drug-likeness (QED) is 0.369. The molecule has 160 valence electrons. The van der Waals surface area contributed by atoms with Gasteiger partial charge in [-0.2, -0.15) is 0 Å². The molecule has 5 nitrogen and oxygen atoms in total. The molecule has 0 radical (unpaired) electrons. The van der Waals surface area contributed by atoms with Gasteiger partial charge in [0.2, 0.25) is 5.91 Å². The van der Waals surface area contributed by atoms with Crippen molar-refractivity contribution in [3.63, 3.8) is 0 Å². The number of benzene rings is 3. The molecule has 2 atom stereocenters. The molecular formula is C27H24N2O3. The lowest BCUT2D eigenvalue weighted by Gasteiger charge is -2.08. The Morgan fingerprint density at radius 2 is 1.84 bits per heavy atom. The summed E-state index contributed by atoms with van der Waals surface area (Å²) in [6.07, 6.45) is 0.839. The number of nitrogens with one attached hydrogen (secondary N) is 2. The van der Waals surface area contributed by atoms with E-state index in [0.29, 0.717) is 11.3 Å². The van der Waals surface area contributed by atoms with Gasteiger partial charge in [-0.3, -0.25) is 9.59 Å². The van der Waals surface area contributed by atoms with Crippen molar-refractivity contribution in [1.29, 1.82) is 0 Å². The van der Waals surface area contributed by atoms with Crippen LogP contribution < -0.4 is 5.32 Å². The maximum atomic E-state index is 12.8. The summed E-state index contributed by atoms with van der Waals surface area (Å²) in [5.41, 5.74) is 5.75. The molecule has 1 aliphatic rings. The Labute approximate surface area is 186 Å². The highest BCUT2D eigenvalue weighted by molar-refractivity contribution is 6.10. The smallest absolute Gasteiger partial charge is 0.228 e. The lowest BCUT2D eigenvalue weighted by Crippen LogP contribution is -2.15. The number of fused-ring (bicyclic) bond motifs is 1. The third-order valence-electron chi connectivity index (χ3n) is 6.16. The maximum absolute atomic E-state index is 12.8. The first-order valence-corrected chi connectivity index (χ1v) is 10.8. The number of ketones is 1. The lowest BCUT2D eigenvalue weighted by atomic mass is 10.0. The summed E-state index contributed by atoms with van der Waals surface area (Å²) in [5, 5.41) is 13.3. The molecule has 0 aliphatic heterocycles. The number of carbonyl (C=O) groups excluding carboxylic acids is 2. The standard InChI is InChI=1S/C27H24N2O3/c1-16(31)21-11-20(28-27(32)24-13-22(24)18-7-3-2-4-8-18)12-26-23(21)14-25(29-26)19-9-5-6-17(10-19)15-30/h2-12,14,22,24,29-30H,13,15H2,1H3,(H,28,32). The minimum Gasteiger partial charge on any atom is -0.392 e.